The lowest BCUT2D eigenvalue weighted by Gasteiger charge is -2.11. The van der Waals surface area contributed by atoms with Crippen molar-refractivity contribution in [2.45, 2.75) is 6.92 Å². The van der Waals surface area contributed by atoms with Crippen molar-refractivity contribution in [1.82, 2.24) is 21.2 Å². The van der Waals surface area contributed by atoms with Gasteiger partial charge in [0.05, 0.1) is 4.92 Å². The highest BCUT2D eigenvalue weighted by molar-refractivity contribution is 7.80. The Bertz CT molecular complexity index is 841. The molecule has 1 heterocycles. The number of nitrogens with zero attached hydrogens (tertiary/aromatic N) is 2. The van der Waals surface area contributed by atoms with Crippen molar-refractivity contribution < 1.29 is 14.5 Å². The molecule has 2 rings (SSSR count). The van der Waals surface area contributed by atoms with Gasteiger partial charge in [0.1, 0.15) is 0 Å². The molecule has 2 aromatic rings. The number of nitro groups is 1. The Morgan fingerprint density at radius 1 is 1.08 bits per heavy atom. The molecule has 0 saturated carbocycles. The molecular weight excluding hydrogens is 346 g/mol. The van der Waals surface area contributed by atoms with Crippen molar-refractivity contribution in [2.75, 3.05) is 0 Å². The molecule has 0 bridgehead atoms. The van der Waals surface area contributed by atoms with Gasteiger partial charge >= 0.3 is 0 Å². The van der Waals surface area contributed by atoms with E-state index in [1.165, 1.54) is 49.6 Å². The molecule has 0 radical (unpaired) electrons. The van der Waals surface area contributed by atoms with Gasteiger partial charge in [-0.1, -0.05) is 0 Å². The molecule has 1 aromatic heterocycles. The lowest BCUT2D eigenvalue weighted by molar-refractivity contribution is -0.385. The summed E-state index contributed by atoms with van der Waals surface area (Å²) < 4.78 is 0. The van der Waals surface area contributed by atoms with E-state index < -0.39 is 16.7 Å². The molecule has 0 aliphatic rings. The number of hydrogen-bond donors (Lipinski definition) is 3. The van der Waals surface area contributed by atoms with Crippen LogP contribution in [0.25, 0.3) is 0 Å². The number of aryl methyl sites for hydroxylation is 1. The van der Waals surface area contributed by atoms with E-state index in [4.69, 9.17) is 12.2 Å². The molecular formula is C15H13N5O4S. The minimum atomic E-state index is -0.561. The number of pyridine rings is 1. The van der Waals surface area contributed by atoms with Gasteiger partial charge in [-0.25, -0.2) is 0 Å². The van der Waals surface area contributed by atoms with E-state index in [0.29, 0.717) is 11.1 Å². The van der Waals surface area contributed by atoms with Gasteiger partial charge < -0.3 is 0 Å². The first kappa shape index (κ1) is 17.9. The molecule has 0 aliphatic carbocycles. The van der Waals surface area contributed by atoms with Crippen LogP contribution in [0.5, 0.6) is 0 Å². The number of nitrogens with one attached hydrogen (secondary N) is 3. The molecule has 128 valence electrons. The lowest BCUT2D eigenvalue weighted by Crippen LogP contribution is -2.48. The number of carbonyl (C=O) groups is 2. The highest BCUT2D eigenvalue weighted by atomic mass is 32.1. The Kier molecular flexibility index (Phi) is 5.69. The average Bonchev–Trinajstić information content (AvgIpc) is 2.60. The molecule has 0 saturated heterocycles. The second-order valence-corrected chi connectivity index (χ2v) is 5.26. The second kappa shape index (κ2) is 7.93. The Labute approximate surface area is 147 Å². The Morgan fingerprint density at radius 2 is 1.76 bits per heavy atom. The van der Waals surface area contributed by atoms with Crippen LogP contribution in [0, 0.1) is 17.0 Å². The number of benzene rings is 1. The maximum absolute atomic E-state index is 12.1. The maximum atomic E-state index is 12.1. The summed E-state index contributed by atoms with van der Waals surface area (Å²) in [6.07, 6.45) is 2.93. The summed E-state index contributed by atoms with van der Waals surface area (Å²) in [5.74, 6) is -1.01. The SMILES string of the molecule is Cc1cc(C(=O)NC(=S)NNC(=O)c2ccncc2)ccc1[N+](=O)[O-]. The molecule has 2 amide bonds. The van der Waals surface area contributed by atoms with Crippen LogP contribution in [0.2, 0.25) is 0 Å². The number of rotatable bonds is 3. The molecule has 9 nitrogen and oxygen atoms in total. The van der Waals surface area contributed by atoms with Crippen molar-refractivity contribution >= 4 is 34.8 Å². The predicted octanol–water partition coefficient (Wildman–Crippen LogP) is 1.25. The third-order valence-electron chi connectivity index (χ3n) is 3.11. The molecule has 0 spiro atoms. The van der Waals surface area contributed by atoms with Crippen LogP contribution in [0.3, 0.4) is 0 Å². The number of aromatic nitrogens is 1. The number of amides is 2. The zero-order valence-corrected chi connectivity index (χ0v) is 13.8. The van der Waals surface area contributed by atoms with Gasteiger partial charge in [0.15, 0.2) is 5.11 Å². The maximum Gasteiger partial charge on any atom is 0.272 e. The van der Waals surface area contributed by atoms with Gasteiger partial charge in [-0.2, -0.15) is 0 Å². The second-order valence-electron chi connectivity index (χ2n) is 4.86. The van der Waals surface area contributed by atoms with Gasteiger partial charge in [-0.3, -0.25) is 40.9 Å². The number of nitro benzene ring substituents is 1. The number of carbonyl (C=O) groups excluding carboxylic acids is 2. The van der Waals surface area contributed by atoms with E-state index in [1.807, 2.05) is 0 Å². The van der Waals surface area contributed by atoms with Crippen LogP contribution in [-0.2, 0) is 0 Å². The monoisotopic (exact) mass is 359 g/mol. The molecule has 0 fully saturated rings. The first-order valence-electron chi connectivity index (χ1n) is 6.95. The summed E-state index contributed by atoms with van der Waals surface area (Å²) in [5, 5.41) is 13.0. The Morgan fingerprint density at radius 3 is 2.36 bits per heavy atom. The summed E-state index contributed by atoms with van der Waals surface area (Å²) in [5.41, 5.74) is 5.56. The van der Waals surface area contributed by atoms with E-state index in [2.05, 4.69) is 21.2 Å². The molecule has 0 unspecified atom stereocenters. The highest BCUT2D eigenvalue weighted by Gasteiger charge is 2.14. The minimum Gasteiger partial charge on any atom is -0.298 e. The van der Waals surface area contributed by atoms with Gasteiger partial charge in [0, 0.05) is 35.2 Å². The van der Waals surface area contributed by atoms with Gasteiger partial charge in [0.25, 0.3) is 17.5 Å². The van der Waals surface area contributed by atoms with Gasteiger partial charge in [-0.05, 0) is 43.4 Å². The number of hydrogen-bond acceptors (Lipinski definition) is 6. The molecule has 3 N–H and O–H groups in total. The van der Waals surface area contributed by atoms with Crippen molar-refractivity contribution in [3.05, 3.63) is 69.5 Å². The summed E-state index contributed by atoms with van der Waals surface area (Å²) in [7, 11) is 0. The third kappa shape index (κ3) is 4.78. The Hall–Kier alpha value is -3.40. The predicted molar refractivity (Wildman–Crippen MR) is 92.7 cm³/mol. The van der Waals surface area contributed by atoms with E-state index in [9.17, 15) is 19.7 Å². The zero-order valence-electron chi connectivity index (χ0n) is 13.0. The van der Waals surface area contributed by atoms with Crippen LogP contribution in [-0.4, -0.2) is 26.8 Å². The summed E-state index contributed by atoms with van der Waals surface area (Å²) in [6, 6.07) is 6.97. The summed E-state index contributed by atoms with van der Waals surface area (Å²) in [4.78, 5) is 37.9. The van der Waals surface area contributed by atoms with Crippen molar-refractivity contribution in [3.8, 4) is 0 Å². The van der Waals surface area contributed by atoms with Crippen LogP contribution in [0.4, 0.5) is 5.69 Å². The summed E-state index contributed by atoms with van der Waals surface area (Å²) in [6.45, 7) is 1.53. The molecule has 0 atom stereocenters. The molecule has 0 aliphatic heterocycles. The third-order valence-corrected chi connectivity index (χ3v) is 3.32. The lowest BCUT2D eigenvalue weighted by atomic mass is 10.1. The van der Waals surface area contributed by atoms with Crippen LogP contribution in [0.15, 0.2) is 42.7 Å². The zero-order chi connectivity index (χ0) is 18.4. The van der Waals surface area contributed by atoms with Crippen molar-refractivity contribution in [2.24, 2.45) is 0 Å². The van der Waals surface area contributed by atoms with E-state index >= 15 is 0 Å². The molecule has 25 heavy (non-hydrogen) atoms. The first-order chi connectivity index (χ1) is 11.9. The van der Waals surface area contributed by atoms with E-state index in [0.717, 1.165) is 0 Å². The van der Waals surface area contributed by atoms with Crippen LogP contribution in [0.1, 0.15) is 26.3 Å². The average molecular weight is 359 g/mol. The fourth-order valence-electron chi connectivity index (χ4n) is 1.90. The van der Waals surface area contributed by atoms with Crippen LogP contribution < -0.4 is 16.2 Å². The van der Waals surface area contributed by atoms with Crippen LogP contribution >= 0.6 is 12.2 Å². The fourth-order valence-corrected chi connectivity index (χ4v) is 2.04. The number of hydrazine groups is 1. The standard InChI is InChI=1S/C15H13N5O4S/c1-9-8-11(2-3-12(9)20(23)24)13(21)17-15(25)19-18-14(22)10-4-6-16-7-5-10/h2-8H,1H3,(H,18,22)(H2,17,19,21,25). The van der Waals surface area contributed by atoms with Gasteiger partial charge in [0.2, 0.25) is 0 Å². The van der Waals surface area contributed by atoms with E-state index in [1.54, 1.807) is 0 Å². The number of thiocarbonyl (C=S) groups is 1. The van der Waals surface area contributed by atoms with Gasteiger partial charge in [-0.15, -0.1) is 0 Å². The fraction of sp³-hybridized carbons (Fsp3) is 0.0667. The largest absolute Gasteiger partial charge is 0.298 e. The Balaban J connectivity index is 1.92. The smallest absolute Gasteiger partial charge is 0.272 e. The first-order valence-corrected chi connectivity index (χ1v) is 7.36. The highest BCUT2D eigenvalue weighted by Crippen LogP contribution is 2.18. The topological polar surface area (TPSA) is 126 Å². The summed E-state index contributed by atoms with van der Waals surface area (Å²) >= 11 is 4.92. The van der Waals surface area contributed by atoms with Crippen molar-refractivity contribution in [1.29, 1.82) is 0 Å². The molecule has 10 heteroatoms. The minimum absolute atomic E-state index is 0.0816. The molecule has 1 aromatic carbocycles. The van der Waals surface area contributed by atoms with Crippen molar-refractivity contribution in [3.63, 3.8) is 0 Å². The normalized spacial score (nSPS) is 9.80. The quantitative estimate of drug-likeness (QED) is 0.428. The van der Waals surface area contributed by atoms with E-state index in [-0.39, 0.29) is 16.4 Å².